The average Bonchev–Trinajstić information content (AvgIpc) is 2.07. The Hall–Kier alpha value is -1.53. The number of hydrogen-bond acceptors (Lipinski definition) is 2. The molecule has 0 radical (unpaired) electrons. The third-order valence-corrected chi connectivity index (χ3v) is 1.26. The Morgan fingerprint density at radius 1 is 1.42 bits per heavy atom. The van der Waals surface area contributed by atoms with E-state index in [0.29, 0.717) is 0 Å². The first-order valence-corrected chi connectivity index (χ1v) is 3.32. The molecule has 0 spiro atoms. The van der Waals surface area contributed by atoms with Gasteiger partial charge in [-0.25, -0.2) is 4.39 Å². The van der Waals surface area contributed by atoms with Crippen molar-refractivity contribution in [3.63, 3.8) is 0 Å². The second-order valence-electron chi connectivity index (χ2n) is 2.12. The zero-order valence-corrected chi connectivity index (χ0v) is 6.21. The van der Waals surface area contributed by atoms with Crippen molar-refractivity contribution in [3.05, 3.63) is 29.6 Å². The smallest absolute Gasteiger partial charge is 0.131 e. The van der Waals surface area contributed by atoms with Crippen LogP contribution in [0.3, 0.4) is 0 Å². The van der Waals surface area contributed by atoms with E-state index in [9.17, 15) is 4.39 Å². The average molecular weight is 166 g/mol. The minimum absolute atomic E-state index is 0.0858. The third-order valence-electron chi connectivity index (χ3n) is 1.26. The van der Waals surface area contributed by atoms with E-state index >= 15 is 0 Å². The van der Waals surface area contributed by atoms with Crippen LogP contribution < -0.4 is 0 Å². The van der Waals surface area contributed by atoms with Crippen LogP contribution in [-0.4, -0.2) is 16.8 Å². The van der Waals surface area contributed by atoms with Crippen LogP contribution in [0.2, 0.25) is 0 Å². The molecule has 0 atom stereocenters. The minimum atomic E-state index is -0.463. The van der Waals surface area contributed by atoms with Crippen LogP contribution in [0.1, 0.15) is 5.56 Å². The molecule has 2 N–H and O–H groups in total. The predicted octanol–water partition coefficient (Wildman–Crippen LogP) is 0.875. The molecule has 0 aliphatic heterocycles. The second kappa shape index (κ2) is 3.74. The van der Waals surface area contributed by atoms with Gasteiger partial charge in [-0.2, -0.15) is 0 Å². The molecule has 0 fully saturated rings. The quantitative estimate of drug-likeness (QED) is 0.561. The fourth-order valence-electron chi connectivity index (χ4n) is 0.743. The van der Waals surface area contributed by atoms with Gasteiger partial charge in [-0.1, -0.05) is 11.8 Å². The van der Waals surface area contributed by atoms with E-state index in [-0.39, 0.29) is 17.9 Å². The van der Waals surface area contributed by atoms with Crippen molar-refractivity contribution < 1.29 is 14.6 Å². The van der Waals surface area contributed by atoms with Crippen LogP contribution in [0.15, 0.2) is 18.2 Å². The van der Waals surface area contributed by atoms with Gasteiger partial charge in [0.25, 0.3) is 0 Å². The Morgan fingerprint density at radius 3 is 2.83 bits per heavy atom. The van der Waals surface area contributed by atoms with Crippen LogP contribution in [-0.2, 0) is 0 Å². The van der Waals surface area contributed by atoms with Crippen LogP contribution in [0.25, 0.3) is 0 Å². The minimum Gasteiger partial charge on any atom is -0.507 e. The molecule has 0 amide bonds. The van der Waals surface area contributed by atoms with E-state index in [1.807, 2.05) is 0 Å². The Kier molecular flexibility index (Phi) is 2.67. The molecule has 0 unspecified atom stereocenters. The number of phenols is 1. The fraction of sp³-hybridized carbons (Fsp3) is 0.111. The maximum absolute atomic E-state index is 12.5. The zero-order valence-electron chi connectivity index (χ0n) is 6.21. The van der Waals surface area contributed by atoms with E-state index in [1.165, 1.54) is 6.07 Å². The van der Waals surface area contributed by atoms with Crippen molar-refractivity contribution >= 4 is 0 Å². The topological polar surface area (TPSA) is 40.5 Å². The first-order chi connectivity index (χ1) is 5.74. The van der Waals surface area contributed by atoms with Crippen LogP contribution in [0.5, 0.6) is 5.75 Å². The molecular weight excluding hydrogens is 159 g/mol. The molecule has 1 aromatic carbocycles. The van der Waals surface area contributed by atoms with Gasteiger partial charge in [0, 0.05) is 0 Å². The van der Waals surface area contributed by atoms with E-state index < -0.39 is 5.82 Å². The molecule has 0 saturated heterocycles. The van der Waals surface area contributed by atoms with Crippen LogP contribution in [0, 0.1) is 17.7 Å². The van der Waals surface area contributed by atoms with Crippen molar-refractivity contribution in [1.82, 2.24) is 0 Å². The summed E-state index contributed by atoms with van der Waals surface area (Å²) in [5.74, 6) is 4.18. The number of hydrogen-bond donors (Lipinski definition) is 2. The van der Waals surface area contributed by atoms with Crippen molar-refractivity contribution in [3.8, 4) is 17.6 Å². The summed E-state index contributed by atoms with van der Waals surface area (Å²) in [4.78, 5) is 0. The molecule has 12 heavy (non-hydrogen) atoms. The largest absolute Gasteiger partial charge is 0.507 e. The summed E-state index contributed by atoms with van der Waals surface area (Å²) in [6.07, 6.45) is 0. The fourth-order valence-corrected chi connectivity index (χ4v) is 0.743. The van der Waals surface area contributed by atoms with E-state index in [2.05, 4.69) is 11.8 Å². The number of aromatic hydroxyl groups is 1. The standard InChI is InChI=1S/C9H7FO2/c10-8-3-4-9(12)7(6-8)2-1-5-11/h3-4,6,11-12H,5H2. The number of rotatable bonds is 0. The molecule has 2 nitrogen and oxygen atoms in total. The monoisotopic (exact) mass is 166 g/mol. The molecule has 3 heteroatoms. The van der Waals surface area contributed by atoms with E-state index in [4.69, 9.17) is 10.2 Å². The van der Waals surface area contributed by atoms with Crippen LogP contribution >= 0.6 is 0 Å². The second-order valence-corrected chi connectivity index (χ2v) is 2.12. The summed E-state index contributed by atoms with van der Waals surface area (Å²) in [7, 11) is 0. The molecule has 0 aliphatic rings. The molecule has 0 bridgehead atoms. The van der Waals surface area contributed by atoms with Crippen LogP contribution in [0.4, 0.5) is 4.39 Å². The maximum atomic E-state index is 12.5. The van der Waals surface area contributed by atoms with Crippen molar-refractivity contribution in [2.45, 2.75) is 0 Å². The maximum Gasteiger partial charge on any atom is 0.131 e. The number of phenolic OH excluding ortho intramolecular Hbond substituents is 1. The summed E-state index contributed by atoms with van der Waals surface area (Å²) >= 11 is 0. The lowest BCUT2D eigenvalue weighted by molar-refractivity contribution is 0.350. The highest BCUT2D eigenvalue weighted by molar-refractivity contribution is 5.45. The summed E-state index contributed by atoms with van der Waals surface area (Å²) in [5.41, 5.74) is 0.184. The van der Waals surface area contributed by atoms with Gasteiger partial charge in [0.1, 0.15) is 18.2 Å². The molecule has 1 rings (SSSR count). The van der Waals surface area contributed by atoms with Gasteiger partial charge in [0.15, 0.2) is 0 Å². The lowest BCUT2D eigenvalue weighted by Gasteiger charge is -1.94. The molecule has 1 aromatic rings. The van der Waals surface area contributed by atoms with Gasteiger partial charge in [-0.05, 0) is 18.2 Å². The first kappa shape index (κ1) is 8.57. The normalized spacial score (nSPS) is 8.83. The summed E-state index contributed by atoms with van der Waals surface area (Å²) in [6.45, 7) is -0.310. The molecule has 0 aliphatic carbocycles. The van der Waals surface area contributed by atoms with Crippen molar-refractivity contribution in [1.29, 1.82) is 0 Å². The molecule has 0 saturated carbocycles. The molecular formula is C9H7FO2. The Balaban J connectivity index is 3.05. The molecule has 62 valence electrons. The van der Waals surface area contributed by atoms with Gasteiger partial charge < -0.3 is 10.2 Å². The number of aliphatic hydroxyl groups is 1. The highest BCUT2D eigenvalue weighted by Crippen LogP contribution is 2.15. The summed E-state index contributed by atoms with van der Waals surface area (Å²) in [6, 6.07) is 3.47. The van der Waals surface area contributed by atoms with Crippen molar-refractivity contribution in [2.24, 2.45) is 0 Å². The Morgan fingerprint density at radius 2 is 2.17 bits per heavy atom. The molecule has 0 heterocycles. The number of halogens is 1. The van der Waals surface area contributed by atoms with Gasteiger partial charge in [-0.15, -0.1) is 0 Å². The van der Waals surface area contributed by atoms with Gasteiger partial charge in [0.05, 0.1) is 5.56 Å². The highest BCUT2D eigenvalue weighted by atomic mass is 19.1. The predicted molar refractivity (Wildman–Crippen MR) is 42.0 cm³/mol. The van der Waals surface area contributed by atoms with E-state index in [0.717, 1.165) is 12.1 Å². The van der Waals surface area contributed by atoms with Gasteiger partial charge in [0.2, 0.25) is 0 Å². The third kappa shape index (κ3) is 1.97. The SMILES string of the molecule is OCC#Cc1cc(F)ccc1O. The highest BCUT2D eigenvalue weighted by Gasteiger charge is 1.98. The molecule has 0 aromatic heterocycles. The first-order valence-electron chi connectivity index (χ1n) is 3.32. The van der Waals surface area contributed by atoms with E-state index in [1.54, 1.807) is 0 Å². The van der Waals surface area contributed by atoms with Gasteiger partial charge >= 0.3 is 0 Å². The zero-order chi connectivity index (χ0) is 8.97. The number of benzene rings is 1. The Bertz CT molecular complexity index is 336. The lowest BCUT2D eigenvalue weighted by atomic mass is 10.2. The summed E-state index contributed by atoms with van der Waals surface area (Å²) in [5, 5.41) is 17.4. The lowest BCUT2D eigenvalue weighted by Crippen LogP contribution is -1.80. The Labute approximate surface area is 69.3 Å². The van der Waals surface area contributed by atoms with Crippen molar-refractivity contribution in [2.75, 3.05) is 6.61 Å². The number of aliphatic hydroxyl groups excluding tert-OH is 1. The van der Waals surface area contributed by atoms with Gasteiger partial charge in [-0.3, -0.25) is 0 Å². The summed E-state index contributed by atoms with van der Waals surface area (Å²) < 4.78 is 12.5.